The van der Waals surface area contributed by atoms with E-state index in [9.17, 15) is 13.2 Å². The van der Waals surface area contributed by atoms with Crippen LogP contribution in [-0.4, -0.2) is 43.5 Å². The second kappa shape index (κ2) is 7.06. The van der Waals surface area contributed by atoms with Gasteiger partial charge in [-0.15, -0.1) is 0 Å². The lowest BCUT2D eigenvalue weighted by Crippen LogP contribution is -2.47. The number of nitrogens with one attached hydrogen (secondary N) is 1. The minimum atomic E-state index is -3.11. The Kier molecular flexibility index (Phi) is 5.61. The summed E-state index contributed by atoms with van der Waals surface area (Å²) in [5, 5.41) is 3.00. The molecule has 0 aromatic heterocycles. The summed E-state index contributed by atoms with van der Waals surface area (Å²) in [4.78, 5) is 12.2. The van der Waals surface area contributed by atoms with Crippen LogP contribution >= 0.6 is 22.6 Å². The number of amides is 1. The maximum absolute atomic E-state index is 12.2. The number of halogens is 1. The minimum absolute atomic E-state index is 0.0387. The molecular weight excluding hydrogens is 403 g/mol. The third kappa shape index (κ3) is 4.17. The monoisotopic (exact) mass is 422 g/mol. The highest BCUT2D eigenvalue weighted by Crippen LogP contribution is 2.16. The average Bonchev–Trinajstić information content (AvgIpc) is 2.48. The van der Waals surface area contributed by atoms with E-state index >= 15 is 0 Å². The fraction of sp³-hybridized carbons (Fsp3) is 0.500. The van der Waals surface area contributed by atoms with Crippen molar-refractivity contribution in [3.63, 3.8) is 0 Å². The van der Waals surface area contributed by atoms with Gasteiger partial charge in [0.05, 0.1) is 11.3 Å². The highest BCUT2D eigenvalue weighted by atomic mass is 127. The Labute approximate surface area is 139 Å². The summed E-state index contributed by atoms with van der Waals surface area (Å²) in [5.74, 6) is 0.0449. The first-order valence-electron chi connectivity index (χ1n) is 6.97. The third-order valence-electron chi connectivity index (χ3n) is 3.67. The number of carbonyl (C=O) groups is 1. The zero-order valence-corrected chi connectivity index (χ0v) is 14.9. The molecule has 1 aliphatic rings. The molecule has 1 aromatic rings. The molecular formula is C14H19IN2O3S. The largest absolute Gasteiger partial charge is 0.349 e. The van der Waals surface area contributed by atoms with Gasteiger partial charge in [-0.05, 0) is 54.5 Å². The van der Waals surface area contributed by atoms with E-state index in [0.29, 0.717) is 31.5 Å². The predicted octanol–water partition coefficient (Wildman–Crippen LogP) is 1.84. The van der Waals surface area contributed by atoms with E-state index in [2.05, 4.69) is 27.9 Å². The molecule has 116 valence electrons. The lowest BCUT2D eigenvalue weighted by Gasteiger charge is -2.31. The van der Waals surface area contributed by atoms with Gasteiger partial charge in [0.2, 0.25) is 10.0 Å². The number of sulfonamides is 1. The molecule has 1 heterocycles. The van der Waals surface area contributed by atoms with E-state index in [0.717, 1.165) is 3.57 Å². The average molecular weight is 422 g/mol. The van der Waals surface area contributed by atoms with Crippen LogP contribution in [0.15, 0.2) is 24.3 Å². The molecule has 1 fully saturated rings. The number of benzene rings is 1. The quantitative estimate of drug-likeness (QED) is 0.754. The van der Waals surface area contributed by atoms with Crippen LogP contribution in [0.2, 0.25) is 0 Å². The normalized spacial score (nSPS) is 17.6. The number of hydrogen-bond acceptors (Lipinski definition) is 3. The van der Waals surface area contributed by atoms with Crippen molar-refractivity contribution in [3.8, 4) is 0 Å². The Morgan fingerprint density at radius 2 is 1.95 bits per heavy atom. The molecule has 5 nitrogen and oxygen atoms in total. The van der Waals surface area contributed by atoms with Crippen molar-refractivity contribution in [1.29, 1.82) is 0 Å². The van der Waals surface area contributed by atoms with Crippen LogP contribution in [0, 0.1) is 3.57 Å². The van der Waals surface area contributed by atoms with E-state index in [1.165, 1.54) is 4.31 Å². The smallest absolute Gasteiger partial charge is 0.252 e. The van der Waals surface area contributed by atoms with Crippen LogP contribution in [0.4, 0.5) is 0 Å². The Bertz CT molecular complexity index is 610. The first kappa shape index (κ1) is 16.7. The van der Waals surface area contributed by atoms with Gasteiger partial charge in [-0.3, -0.25) is 4.79 Å². The molecule has 0 atom stereocenters. The molecule has 21 heavy (non-hydrogen) atoms. The molecule has 0 aliphatic carbocycles. The molecule has 0 saturated carbocycles. The molecule has 1 N–H and O–H groups in total. The molecule has 1 amide bonds. The fourth-order valence-corrected chi connectivity index (χ4v) is 4.13. The molecule has 1 aliphatic heterocycles. The van der Waals surface area contributed by atoms with E-state index in [4.69, 9.17) is 0 Å². The van der Waals surface area contributed by atoms with Crippen LogP contribution in [0.25, 0.3) is 0 Å². The van der Waals surface area contributed by atoms with Crippen LogP contribution < -0.4 is 5.32 Å². The summed E-state index contributed by atoms with van der Waals surface area (Å²) in [6, 6.07) is 7.47. The Morgan fingerprint density at radius 3 is 2.52 bits per heavy atom. The van der Waals surface area contributed by atoms with Crippen molar-refractivity contribution < 1.29 is 13.2 Å². The van der Waals surface area contributed by atoms with Gasteiger partial charge in [-0.2, -0.15) is 0 Å². The predicted molar refractivity (Wildman–Crippen MR) is 90.7 cm³/mol. The van der Waals surface area contributed by atoms with E-state index in [-0.39, 0.29) is 17.7 Å². The molecule has 1 aromatic carbocycles. The van der Waals surface area contributed by atoms with Crippen molar-refractivity contribution >= 4 is 38.5 Å². The van der Waals surface area contributed by atoms with Crippen molar-refractivity contribution in [3.05, 3.63) is 33.4 Å². The van der Waals surface area contributed by atoms with Gasteiger partial charge in [-0.1, -0.05) is 12.1 Å². The maximum Gasteiger partial charge on any atom is 0.252 e. The highest BCUT2D eigenvalue weighted by Gasteiger charge is 2.27. The molecule has 0 radical (unpaired) electrons. The van der Waals surface area contributed by atoms with Gasteiger partial charge in [-0.25, -0.2) is 12.7 Å². The summed E-state index contributed by atoms with van der Waals surface area (Å²) in [6.07, 6.45) is 1.32. The van der Waals surface area contributed by atoms with E-state index < -0.39 is 10.0 Å². The van der Waals surface area contributed by atoms with Crippen molar-refractivity contribution in [2.75, 3.05) is 18.8 Å². The second-order valence-corrected chi connectivity index (χ2v) is 8.45. The Morgan fingerprint density at radius 1 is 1.33 bits per heavy atom. The molecule has 0 bridgehead atoms. The van der Waals surface area contributed by atoms with Gasteiger partial charge < -0.3 is 5.32 Å². The van der Waals surface area contributed by atoms with E-state index in [1.54, 1.807) is 13.0 Å². The lowest BCUT2D eigenvalue weighted by atomic mass is 10.1. The number of nitrogens with zero attached hydrogens (tertiary/aromatic N) is 1. The minimum Gasteiger partial charge on any atom is -0.349 e. The Balaban J connectivity index is 1.92. The lowest BCUT2D eigenvalue weighted by molar-refractivity contribution is 0.0923. The summed E-state index contributed by atoms with van der Waals surface area (Å²) in [5.41, 5.74) is 0.668. The first-order valence-corrected chi connectivity index (χ1v) is 9.66. The maximum atomic E-state index is 12.2. The van der Waals surface area contributed by atoms with Crippen molar-refractivity contribution in [2.45, 2.75) is 25.8 Å². The standard InChI is InChI=1S/C14H19IN2O3S/c1-2-21(19,20)17-9-7-11(8-10-17)16-14(18)12-5-3-4-6-13(12)15/h3-6,11H,2,7-10H2,1H3,(H,16,18). The molecule has 7 heteroatoms. The topological polar surface area (TPSA) is 66.5 Å². The van der Waals surface area contributed by atoms with Gasteiger partial charge in [0.25, 0.3) is 5.91 Å². The van der Waals surface area contributed by atoms with E-state index in [1.807, 2.05) is 18.2 Å². The molecule has 1 saturated heterocycles. The number of hydrogen-bond donors (Lipinski definition) is 1. The first-order chi connectivity index (χ1) is 9.94. The molecule has 0 spiro atoms. The fourth-order valence-electron chi connectivity index (χ4n) is 2.37. The van der Waals surface area contributed by atoms with Crippen molar-refractivity contribution in [2.24, 2.45) is 0 Å². The van der Waals surface area contributed by atoms with Gasteiger partial charge in [0.1, 0.15) is 0 Å². The van der Waals surface area contributed by atoms with Gasteiger partial charge >= 0.3 is 0 Å². The van der Waals surface area contributed by atoms with Gasteiger partial charge in [0, 0.05) is 22.7 Å². The second-order valence-electron chi connectivity index (χ2n) is 5.03. The van der Waals surface area contributed by atoms with Crippen LogP contribution in [0.5, 0.6) is 0 Å². The van der Waals surface area contributed by atoms with Crippen LogP contribution in [-0.2, 0) is 10.0 Å². The van der Waals surface area contributed by atoms with Crippen LogP contribution in [0.3, 0.4) is 0 Å². The van der Waals surface area contributed by atoms with Crippen molar-refractivity contribution in [1.82, 2.24) is 9.62 Å². The summed E-state index contributed by atoms with van der Waals surface area (Å²) in [7, 11) is -3.11. The highest BCUT2D eigenvalue weighted by molar-refractivity contribution is 14.1. The molecule has 2 rings (SSSR count). The number of piperidine rings is 1. The summed E-state index contributed by atoms with van der Waals surface area (Å²) in [6.45, 7) is 2.61. The zero-order chi connectivity index (χ0) is 15.5. The zero-order valence-electron chi connectivity index (χ0n) is 11.9. The Hall–Kier alpha value is -0.670. The number of rotatable bonds is 4. The van der Waals surface area contributed by atoms with Gasteiger partial charge in [0.15, 0.2) is 0 Å². The third-order valence-corrected chi connectivity index (χ3v) is 6.49. The summed E-state index contributed by atoms with van der Waals surface area (Å²) >= 11 is 2.14. The van der Waals surface area contributed by atoms with Crippen LogP contribution in [0.1, 0.15) is 30.1 Å². The SMILES string of the molecule is CCS(=O)(=O)N1CCC(NC(=O)c2ccccc2I)CC1. The summed E-state index contributed by atoms with van der Waals surface area (Å²) < 4.78 is 26.0. The number of carbonyl (C=O) groups excluding carboxylic acids is 1. The molecule has 0 unspecified atom stereocenters.